The fourth-order valence-electron chi connectivity index (χ4n) is 4.04. The highest BCUT2D eigenvalue weighted by Crippen LogP contribution is 2.56. The highest BCUT2D eigenvalue weighted by molar-refractivity contribution is 8.07. The maximum atomic E-state index is 12.7. The Morgan fingerprint density at radius 2 is 1.44 bits per heavy atom. The number of hydrogen-bond acceptors (Lipinski definition) is 6. The number of carbonyl (C=O) groups excluding carboxylic acids is 1. The van der Waals surface area contributed by atoms with Crippen LogP contribution in [0.4, 0.5) is 4.79 Å². The summed E-state index contributed by atoms with van der Waals surface area (Å²) < 4.78 is 23.4. The van der Waals surface area contributed by atoms with Crippen LogP contribution in [0, 0.1) is 0 Å². The van der Waals surface area contributed by atoms with Gasteiger partial charge in [0.1, 0.15) is 5.60 Å². The van der Waals surface area contributed by atoms with Crippen LogP contribution in [0.2, 0.25) is 0 Å². The van der Waals surface area contributed by atoms with Gasteiger partial charge in [-0.2, -0.15) is 0 Å². The van der Waals surface area contributed by atoms with E-state index in [2.05, 4.69) is 36.5 Å². The Hall–Kier alpha value is -0.980. The second-order valence-corrected chi connectivity index (χ2v) is 14.9. The maximum Gasteiger partial charge on any atom is 0.408 e. The Bertz CT molecular complexity index is 848. The number of carbonyl (C=O) groups is 1. The van der Waals surface area contributed by atoms with Crippen LogP contribution in [0.5, 0.6) is 0 Å². The highest BCUT2D eigenvalue weighted by Gasteiger charge is 2.44. The summed E-state index contributed by atoms with van der Waals surface area (Å²) in [7, 11) is 0. The fraction of sp³-hybridized carbons (Fsp3) is 0.750. The molecule has 8 heteroatoms. The first-order valence-corrected chi connectivity index (χ1v) is 16.0. The first kappa shape index (κ1) is 31.2. The molecule has 0 atom stereocenters. The van der Waals surface area contributed by atoms with Crippen LogP contribution in [0.3, 0.4) is 0 Å². The van der Waals surface area contributed by atoms with Gasteiger partial charge in [0.15, 0.2) is 0 Å². The predicted octanol–water partition coefficient (Wildman–Crippen LogP) is 7.87. The molecular formula is C28H48NO5PS. The quantitative estimate of drug-likeness (QED) is 0.215. The van der Waals surface area contributed by atoms with E-state index < -0.39 is 29.6 Å². The molecule has 0 radical (unpaired) electrons. The number of benzene rings is 1. The molecule has 1 aromatic carbocycles. The second-order valence-electron chi connectivity index (χ2n) is 11.9. The van der Waals surface area contributed by atoms with Crippen molar-refractivity contribution in [2.24, 2.45) is 0 Å². The van der Waals surface area contributed by atoms with Crippen molar-refractivity contribution in [1.29, 1.82) is 0 Å². The van der Waals surface area contributed by atoms with E-state index in [1.807, 2.05) is 41.5 Å². The van der Waals surface area contributed by atoms with Gasteiger partial charge in [0, 0.05) is 0 Å². The first-order chi connectivity index (χ1) is 16.7. The van der Waals surface area contributed by atoms with Crippen molar-refractivity contribution in [3.05, 3.63) is 35.4 Å². The lowest BCUT2D eigenvalue weighted by Gasteiger charge is -2.42. The van der Waals surface area contributed by atoms with Crippen molar-refractivity contribution in [3.8, 4) is 0 Å². The zero-order chi connectivity index (χ0) is 26.9. The number of hydrogen-bond donors (Lipinski definition) is 1. The average Bonchev–Trinajstić information content (AvgIpc) is 2.75. The molecule has 1 aromatic rings. The smallest absolute Gasteiger partial charge is 0.408 e. The highest BCUT2D eigenvalue weighted by atomic mass is 32.5. The molecule has 2 rings (SSSR count). The minimum absolute atomic E-state index is 0.218. The summed E-state index contributed by atoms with van der Waals surface area (Å²) >= 11 is 5.56. The molecule has 1 N–H and O–H groups in total. The number of aryl methyl sites for hydroxylation is 2. The van der Waals surface area contributed by atoms with E-state index in [9.17, 15) is 4.79 Å². The largest absolute Gasteiger partial charge is 0.444 e. The van der Waals surface area contributed by atoms with Gasteiger partial charge in [-0.3, -0.25) is 0 Å². The van der Waals surface area contributed by atoms with Crippen LogP contribution in [0.25, 0.3) is 0 Å². The summed E-state index contributed by atoms with van der Waals surface area (Å²) in [5.41, 5.74) is 0.759. The number of rotatable bonds is 12. The van der Waals surface area contributed by atoms with Gasteiger partial charge in [-0.25, -0.2) is 4.79 Å². The molecular weight excluding hydrogens is 493 g/mol. The molecule has 0 aromatic heterocycles. The summed E-state index contributed by atoms with van der Waals surface area (Å²) in [6.07, 6.45) is 9.87. The number of unbranched alkanes of at least 4 members (excludes halogenated alkanes) is 5. The Kier molecular flexibility index (Phi) is 11.9. The average molecular weight is 542 g/mol. The van der Waals surface area contributed by atoms with Crippen molar-refractivity contribution in [1.82, 2.24) is 5.32 Å². The van der Waals surface area contributed by atoms with Crippen molar-refractivity contribution in [3.63, 3.8) is 0 Å². The monoisotopic (exact) mass is 541 g/mol. The Labute approximate surface area is 224 Å². The van der Waals surface area contributed by atoms with Gasteiger partial charge in [0.05, 0.1) is 24.4 Å². The van der Waals surface area contributed by atoms with E-state index in [0.717, 1.165) is 12.8 Å². The SMILES string of the molecule is CCCCCCCCc1ccc(CCC2(NC(=O)OC(C)(C)C)COP(=S)(OC(C)(C)C)OC2)cc1. The molecule has 1 fully saturated rings. The van der Waals surface area contributed by atoms with Gasteiger partial charge in [-0.1, -0.05) is 63.3 Å². The van der Waals surface area contributed by atoms with Crippen LogP contribution in [0.15, 0.2) is 24.3 Å². The van der Waals surface area contributed by atoms with Gasteiger partial charge in [0.25, 0.3) is 0 Å². The zero-order valence-electron chi connectivity index (χ0n) is 23.5. The number of nitrogens with one attached hydrogen (secondary N) is 1. The number of amides is 1. The van der Waals surface area contributed by atoms with Crippen molar-refractivity contribution in [2.45, 2.75) is 123 Å². The van der Waals surface area contributed by atoms with Crippen LogP contribution >= 0.6 is 6.72 Å². The Balaban J connectivity index is 1.98. The van der Waals surface area contributed by atoms with Crippen LogP contribution in [-0.2, 0) is 43.0 Å². The summed E-state index contributed by atoms with van der Waals surface area (Å²) in [6, 6.07) is 8.82. The molecule has 0 aliphatic carbocycles. The van der Waals surface area contributed by atoms with Gasteiger partial charge < -0.3 is 23.6 Å². The van der Waals surface area contributed by atoms with Gasteiger partial charge in [-0.05, 0) is 90.2 Å². The summed E-state index contributed by atoms with van der Waals surface area (Å²) in [5, 5.41) is 3.02. The lowest BCUT2D eigenvalue weighted by Crippen LogP contribution is -2.58. The Morgan fingerprint density at radius 3 is 1.97 bits per heavy atom. The van der Waals surface area contributed by atoms with E-state index in [1.165, 1.54) is 49.7 Å². The molecule has 1 heterocycles. The molecule has 0 saturated carbocycles. The minimum Gasteiger partial charge on any atom is -0.444 e. The molecule has 36 heavy (non-hydrogen) atoms. The molecule has 1 aliphatic heterocycles. The summed E-state index contributed by atoms with van der Waals surface area (Å²) in [5.74, 6) is 0. The predicted molar refractivity (Wildman–Crippen MR) is 151 cm³/mol. The minimum atomic E-state index is -2.88. The Morgan fingerprint density at radius 1 is 0.917 bits per heavy atom. The third kappa shape index (κ3) is 12.0. The molecule has 1 aliphatic rings. The van der Waals surface area contributed by atoms with Gasteiger partial charge >= 0.3 is 12.8 Å². The zero-order valence-corrected chi connectivity index (χ0v) is 25.2. The molecule has 0 bridgehead atoms. The maximum absolute atomic E-state index is 12.7. The second kappa shape index (κ2) is 13.7. The number of alkyl carbamates (subject to hydrolysis) is 1. The van der Waals surface area contributed by atoms with Crippen molar-refractivity contribution < 1.29 is 23.1 Å². The van der Waals surface area contributed by atoms with Crippen molar-refractivity contribution in [2.75, 3.05) is 13.2 Å². The molecule has 1 saturated heterocycles. The summed E-state index contributed by atoms with van der Waals surface area (Å²) in [4.78, 5) is 12.7. The normalized spacial score (nSPS) is 22.9. The van der Waals surface area contributed by atoms with Crippen molar-refractivity contribution >= 4 is 24.6 Å². The lowest BCUT2D eigenvalue weighted by atomic mass is 9.92. The molecule has 0 unspecified atom stereocenters. The first-order valence-electron chi connectivity index (χ1n) is 13.4. The van der Waals surface area contributed by atoms with E-state index in [-0.39, 0.29) is 13.2 Å². The van der Waals surface area contributed by atoms with E-state index in [0.29, 0.717) is 6.42 Å². The van der Waals surface area contributed by atoms with E-state index >= 15 is 0 Å². The molecule has 206 valence electrons. The molecule has 6 nitrogen and oxygen atoms in total. The van der Waals surface area contributed by atoms with Crippen LogP contribution in [0.1, 0.15) is 105 Å². The summed E-state index contributed by atoms with van der Waals surface area (Å²) in [6.45, 7) is 11.1. The van der Waals surface area contributed by atoms with E-state index in [1.54, 1.807) is 0 Å². The fourth-order valence-corrected chi connectivity index (χ4v) is 6.69. The topological polar surface area (TPSA) is 66.0 Å². The number of ether oxygens (including phenoxy) is 1. The van der Waals surface area contributed by atoms with Gasteiger partial charge in [0.2, 0.25) is 0 Å². The van der Waals surface area contributed by atoms with Crippen LogP contribution < -0.4 is 5.32 Å². The third-order valence-corrected chi connectivity index (χ3v) is 8.40. The van der Waals surface area contributed by atoms with Crippen LogP contribution in [-0.4, -0.2) is 36.0 Å². The van der Waals surface area contributed by atoms with E-state index in [4.69, 9.17) is 30.1 Å². The standard InChI is InChI=1S/C28H48NO5PS/c1-8-9-10-11-12-13-14-23-15-17-24(18-16-23)19-20-28(29-25(30)33-26(2,3)4)21-31-35(36,32-22-28)34-27(5,6)7/h15-18H,8-14,19-22H2,1-7H3,(H,29,30). The lowest BCUT2D eigenvalue weighted by molar-refractivity contribution is -0.00829. The third-order valence-electron chi connectivity index (χ3n) is 5.88. The van der Waals surface area contributed by atoms with Gasteiger partial charge in [-0.15, -0.1) is 0 Å². The molecule has 1 amide bonds. The molecule has 0 spiro atoms.